The Labute approximate surface area is 126 Å². The first kappa shape index (κ1) is 18.9. The molecule has 0 aromatic heterocycles. The van der Waals surface area contributed by atoms with E-state index < -0.39 is 9.84 Å². The van der Waals surface area contributed by atoms with Crippen molar-refractivity contribution in [2.24, 2.45) is 0 Å². The number of carbonyl (C=O) groups excluding carboxylic acids is 1. The van der Waals surface area contributed by atoms with Crippen molar-refractivity contribution in [3.63, 3.8) is 0 Å². The zero-order valence-corrected chi connectivity index (χ0v) is 13.7. The van der Waals surface area contributed by atoms with Gasteiger partial charge in [-0.3, -0.25) is 4.79 Å². The molecule has 5 nitrogen and oxygen atoms in total. The Balaban J connectivity index is 0.00000361. The third-order valence-corrected chi connectivity index (χ3v) is 4.15. The van der Waals surface area contributed by atoms with E-state index in [9.17, 15) is 13.2 Å². The smallest absolute Gasteiger partial charge is 0.251 e. The molecule has 1 aromatic rings. The summed E-state index contributed by atoms with van der Waals surface area (Å²) in [6.45, 7) is 4.13. The lowest BCUT2D eigenvalue weighted by Crippen LogP contribution is -2.37. The number of hydrogen-bond acceptors (Lipinski definition) is 4. The van der Waals surface area contributed by atoms with E-state index in [1.807, 2.05) is 14.0 Å². The van der Waals surface area contributed by atoms with Crippen LogP contribution in [0, 0.1) is 6.92 Å². The molecule has 7 heteroatoms. The molecule has 0 spiro atoms. The Hall–Kier alpha value is -1.11. The first-order valence-corrected chi connectivity index (χ1v) is 7.91. The van der Waals surface area contributed by atoms with Gasteiger partial charge in [0.15, 0.2) is 9.84 Å². The standard InChI is InChI=1S/C13H20N2O3S.ClH/c1-9-5-6-11(7-12(9)19(4,17)18)13(16)15-8-10(2)14-3;/h5-7,10,14H,8H2,1-4H3,(H,15,16);1H. The van der Waals surface area contributed by atoms with Gasteiger partial charge in [0.25, 0.3) is 5.91 Å². The molecule has 1 amide bonds. The molecule has 1 rings (SSSR count). The van der Waals surface area contributed by atoms with E-state index in [-0.39, 0.29) is 29.3 Å². The predicted molar refractivity (Wildman–Crippen MR) is 82.4 cm³/mol. The van der Waals surface area contributed by atoms with E-state index in [0.29, 0.717) is 17.7 Å². The number of hydrogen-bond donors (Lipinski definition) is 2. The van der Waals surface area contributed by atoms with Crippen molar-refractivity contribution in [2.75, 3.05) is 19.8 Å². The normalized spacial score (nSPS) is 12.4. The van der Waals surface area contributed by atoms with E-state index in [4.69, 9.17) is 0 Å². The lowest BCUT2D eigenvalue weighted by Gasteiger charge is -2.12. The van der Waals surface area contributed by atoms with Gasteiger partial charge in [-0.1, -0.05) is 6.07 Å². The predicted octanol–water partition coefficient (Wildman–Crippen LogP) is 1.16. The maximum absolute atomic E-state index is 11.9. The number of halogens is 1. The van der Waals surface area contributed by atoms with Gasteiger partial charge in [0.05, 0.1) is 4.90 Å². The van der Waals surface area contributed by atoms with Crippen LogP contribution in [0.3, 0.4) is 0 Å². The molecule has 20 heavy (non-hydrogen) atoms. The molecule has 0 aliphatic rings. The van der Waals surface area contributed by atoms with Gasteiger partial charge in [-0.15, -0.1) is 12.4 Å². The van der Waals surface area contributed by atoms with Crippen LogP contribution in [-0.4, -0.2) is 40.2 Å². The maximum atomic E-state index is 11.9. The monoisotopic (exact) mass is 320 g/mol. The van der Waals surface area contributed by atoms with Crippen LogP contribution >= 0.6 is 12.4 Å². The SMILES string of the molecule is CNC(C)CNC(=O)c1ccc(C)c(S(C)(=O)=O)c1.Cl. The molecule has 1 atom stereocenters. The number of aryl methyl sites for hydroxylation is 1. The largest absolute Gasteiger partial charge is 0.350 e. The van der Waals surface area contributed by atoms with Crippen LogP contribution in [0.4, 0.5) is 0 Å². The van der Waals surface area contributed by atoms with Gasteiger partial charge in [0.1, 0.15) is 0 Å². The molecular formula is C13H21ClN2O3S. The summed E-state index contributed by atoms with van der Waals surface area (Å²) in [5.74, 6) is -0.271. The zero-order valence-electron chi connectivity index (χ0n) is 12.1. The molecule has 0 radical (unpaired) electrons. The number of likely N-dealkylation sites (N-methyl/N-ethyl adjacent to an activating group) is 1. The number of sulfone groups is 1. The number of nitrogens with one attached hydrogen (secondary N) is 2. The van der Waals surface area contributed by atoms with Gasteiger partial charge < -0.3 is 10.6 Å². The first-order chi connectivity index (χ1) is 8.75. The minimum absolute atomic E-state index is 0. The Morgan fingerprint density at radius 1 is 1.35 bits per heavy atom. The Morgan fingerprint density at radius 3 is 2.45 bits per heavy atom. The Kier molecular flexibility index (Phi) is 7.19. The van der Waals surface area contributed by atoms with Gasteiger partial charge in [0, 0.05) is 24.4 Å². The fourth-order valence-electron chi connectivity index (χ4n) is 1.59. The molecule has 0 fully saturated rings. The minimum atomic E-state index is -3.32. The molecule has 1 aromatic carbocycles. The van der Waals surface area contributed by atoms with Crippen LogP contribution < -0.4 is 10.6 Å². The molecule has 2 N–H and O–H groups in total. The van der Waals surface area contributed by atoms with Gasteiger partial charge in [-0.25, -0.2) is 8.42 Å². The second kappa shape index (κ2) is 7.61. The average molecular weight is 321 g/mol. The van der Waals surface area contributed by atoms with Crippen LogP contribution in [0.1, 0.15) is 22.8 Å². The first-order valence-electron chi connectivity index (χ1n) is 6.02. The Bertz CT molecular complexity index is 573. The fourth-order valence-corrected chi connectivity index (χ4v) is 2.58. The highest BCUT2D eigenvalue weighted by atomic mass is 35.5. The van der Waals surface area contributed by atoms with Gasteiger partial charge >= 0.3 is 0 Å². The average Bonchev–Trinajstić information content (AvgIpc) is 2.34. The minimum Gasteiger partial charge on any atom is -0.350 e. The fraction of sp³-hybridized carbons (Fsp3) is 0.462. The second-order valence-electron chi connectivity index (χ2n) is 4.65. The molecule has 0 saturated heterocycles. The van der Waals surface area contributed by atoms with Crippen molar-refractivity contribution in [2.45, 2.75) is 24.8 Å². The van der Waals surface area contributed by atoms with Crippen molar-refractivity contribution in [3.05, 3.63) is 29.3 Å². The summed E-state index contributed by atoms with van der Waals surface area (Å²) in [6, 6.07) is 4.85. The highest BCUT2D eigenvalue weighted by molar-refractivity contribution is 7.90. The summed E-state index contributed by atoms with van der Waals surface area (Å²) in [6.07, 6.45) is 1.14. The van der Waals surface area contributed by atoms with Gasteiger partial charge in [0.2, 0.25) is 0 Å². The van der Waals surface area contributed by atoms with Gasteiger partial charge in [-0.2, -0.15) is 0 Å². The van der Waals surface area contributed by atoms with E-state index in [1.54, 1.807) is 19.1 Å². The van der Waals surface area contributed by atoms with Crippen LogP contribution in [0.5, 0.6) is 0 Å². The van der Waals surface area contributed by atoms with Crippen molar-refractivity contribution in [3.8, 4) is 0 Å². The Morgan fingerprint density at radius 2 is 1.95 bits per heavy atom. The highest BCUT2D eigenvalue weighted by Crippen LogP contribution is 2.16. The third kappa shape index (κ3) is 5.11. The molecule has 0 aliphatic carbocycles. The third-order valence-electron chi connectivity index (χ3n) is 2.91. The molecule has 0 bridgehead atoms. The van der Waals surface area contributed by atoms with Crippen LogP contribution in [-0.2, 0) is 9.84 Å². The van der Waals surface area contributed by atoms with Crippen molar-refractivity contribution in [1.29, 1.82) is 0 Å². The second-order valence-corrected chi connectivity index (χ2v) is 6.64. The van der Waals surface area contributed by atoms with Crippen LogP contribution in [0.2, 0.25) is 0 Å². The molecule has 114 valence electrons. The van der Waals surface area contributed by atoms with Crippen LogP contribution in [0.25, 0.3) is 0 Å². The maximum Gasteiger partial charge on any atom is 0.251 e. The number of rotatable bonds is 5. The summed E-state index contributed by atoms with van der Waals surface area (Å²) in [5.41, 5.74) is 0.997. The summed E-state index contributed by atoms with van der Waals surface area (Å²) < 4.78 is 23.2. The number of amides is 1. The molecule has 1 unspecified atom stereocenters. The summed E-state index contributed by atoms with van der Waals surface area (Å²) in [7, 11) is -1.51. The molecule has 0 aliphatic heterocycles. The van der Waals surface area contributed by atoms with E-state index in [0.717, 1.165) is 6.26 Å². The van der Waals surface area contributed by atoms with Crippen LogP contribution in [0.15, 0.2) is 23.1 Å². The number of benzene rings is 1. The lowest BCUT2D eigenvalue weighted by atomic mass is 10.1. The van der Waals surface area contributed by atoms with Crippen molar-refractivity contribution >= 4 is 28.2 Å². The molecule has 0 heterocycles. The quantitative estimate of drug-likeness (QED) is 0.853. The molecule has 0 saturated carbocycles. The molecular weight excluding hydrogens is 300 g/mol. The summed E-state index contributed by atoms with van der Waals surface area (Å²) >= 11 is 0. The topological polar surface area (TPSA) is 75.3 Å². The zero-order chi connectivity index (χ0) is 14.6. The summed E-state index contributed by atoms with van der Waals surface area (Å²) in [5, 5.41) is 5.76. The highest BCUT2D eigenvalue weighted by Gasteiger charge is 2.14. The summed E-state index contributed by atoms with van der Waals surface area (Å²) in [4.78, 5) is 12.1. The van der Waals surface area contributed by atoms with Crippen molar-refractivity contribution in [1.82, 2.24) is 10.6 Å². The number of carbonyl (C=O) groups is 1. The van der Waals surface area contributed by atoms with E-state index >= 15 is 0 Å². The van der Waals surface area contributed by atoms with Gasteiger partial charge in [-0.05, 0) is 38.6 Å². The van der Waals surface area contributed by atoms with E-state index in [1.165, 1.54) is 6.07 Å². The van der Waals surface area contributed by atoms with Crippen molar-refractivity contribution < 1.29 is 13.2 Å². The lowest BCUT2D eigenvalue weighted by molar-refractivity contribution is 0.0950. The van der Waals surface area contributed by atoms with E-state index in [2.05, 4.69) is 10.6 Å².